The van der Waals surface area contributed by atoms with Gasteiger partial charge in [-0.2, -0.15) is 0 Å². The van der Waals surface area contributed by atoms with Crippen LogP contribution in [0.15, 0.2) is 54.6 Å². The summed E-state index contributed by atoms with van der Waals surface area (Å²) >= 11 is 0. The summed E-state index contributed by atoms with van der Waals surface area (Å²) in [4.78, 5) is 22.4. The fraction of sp³-hybridized carbons (Fsp3) is 0.125. The zero-order valence-electron chi connectivity index (χ0n) is 11.3. The van der Waals surface area contributed by atoms with Gasteiger partial charge in [0.25, 0.3) is 0 Å². The summed E-state index contributed by atoms with van der Waals surface area (Å²) in [6.45, 7) is 0.183. The van der Waals surface area contributed by atoms with Crippen LogP contribution in [0.4, 0.5) is 0 Å². The van der Waals surface area contributed by atoms with Gasteiger partial charge in [-0.3, -0.25) is 0 Å². The van der Waals surface area contributed by atoms with Gasteiger partial charge in [0.15, 0.2) is 0 Å². The van der Waals surface area contributed by atoms with E-state index in [0.29, 0.717) is 5.56 Å². The molecule has 0 aliphatic heterocycles. The lowest BCUT2D eigenvalue weighted by atomic mass is 10.1. The van der Waals surface area contributed by atoms with Gasteiger partial charge in [-0.25, -0.2) is 4.79 Å². The maximum absolute atomic E-state index is 11.7. The fourth-order valence-corrected chi connectivity index (χ4v) is 1.64. The number of rotatable bonds is 5. The summed E-state index contributed by atoms with van der Waals surface area (Å²) in [6, 6.07) is 15.9. The Bertz CT molecular complexity index is 591. The van der Waals surface area contributed by atoms with Crippen LogP contribution in [0.1, 0.15) is 22.9 Å². The molecule has 0 aliphatic carbocycles. The highest BCUT2D eigenvalue weighted by molar-refractivity contribution is 5.89. The summed E-state index contributed by atoms with van der Waals surface area (Å²) in [5, 5.41) is 0. The van der Waals surface area contributed by atoms with Gasteiger partial charge in [-0.15, -0.1) is 0 Å². The van der Waals surface area contributed by atoms with Gasteiger partial charge in [0.2, 0.25) is 0 Å². The molecule has 0 saturated carbocycles. The van der Waals surface area contributed by atoms with Crippen molar-refractivity contribution in [3.63, 3.8) is 0 Å². The van der Waals surface area contributed by atoms with Crippen molar-refractivity contribution < 1.29 is 15.7 Å². The van der Waals surface area contributed by atoms with Gasteiger partial charge in [-0.05, 0) is 23.3 Å². The Morgan fingerprint density at radius 3 is 2.32 bits per heavy atom. The molecule has 2 rings (SSSR count). The molecule has 0 fully saturated rings. The molecule has 2 aromatic rings. The molecule has 0 N–H and O–H groups in total. The van der Waals surface area contributed by atoms with Gasteiger partial charge >= 0.3 is 5.97 Å². The minimum absolute atomic E-state index is 0.101. The molecular formula is C16H14O3. The Morgan fingerprint density at radius 2 is 1.68 bits per heavy atom. The Balaban J connectivity index is 1.91. The predicted octanol–water partition coefficient (Wildman–Crippen LogP) is 2.79. The predicted molar refractivity (Wildman–Crippen MR) is 71.8 cm³/mol. The first-order valence-electron chi connectivity index (χ1n) is 6.44. The molecule has 0 spiro atoms. The molecule has 96 valence electrons. The smallest absolute Gasteiger partial charge is 0.338 e. The highest BCUT2D eigenvalue weighted by Gasteiger charge is 2.05. The lowest BCUT2D eigenvalue weighted by Gasteiger charge is -2.05. The number of carbonyl (C=O) groups excluding carboxylic acids is 2. The monoisotopic (exact) mass is 256 g/mol. The van der Waals surface area contributed by atoms with Crippen molar-refractivity contribution in [2.24, 2.45) is 0 Å². The summed E-state index contributed by atoms with van der Waals surface area (Å²) in [7, 11) is 0. The molecule has 3 heteroatoms. The number of carbonyl (C=O) groups is 2. The molecule has 0 radical (unpaired) electrons. The number of ether oxygens (including phenoxy) is 1. The Hall–Kier alpha value is -2.42. The Morgan fingerprint density at radius 1 is 1.05 bits per heavy atom. The van der Waals surface area contributed by atoms with E-state index in [4.69, 9.17) is 6.11 Å². The zero-order chi connectivity index (χ0) is 14.4. The van der Waals surface area contributed by atoms with Crippen LogP contribution in [0.5, 0.6) is 0 Å². The summed E-state index contributed by atoms with van der Waals surface area (Å²) < 4.78 is 12.1. The number of hydrogen-bond donors (Lipinski definition) is 0. The van der Waals surface area contributed by atoms with Crippen LogP contribution in [0.25, 0.3) is 0 Å². The van der Waals surface area contributed by atoms with Gasteiger partial charge in [0.1, 0.15) is 14.2 Å². The van der Waals surface area contributed by atoms with Gasteiger partial charge in [0.05, 0.1) is 5.56 Å². The van der Waals surface area contributed by atoms with E-state index >= 15 is 0 Å². The number of aldehydes is 1. The quantitative estimate of drug-likeness (QED) is 0.610. The Kier molecular flexibility index (Phi) is 3.99. The van der Waals surface area contributed by atoms with E-state index in [1.165, 1.54) is 0 Å². The highest BCUT2D eigenvalue weighted by Crippen LogP contribution is 2.08. The number of esters is 1. The minimum atomic E-state index is -0.617. The fourth-order valence-electron chi connectivity index (χ4n) is 1.64. The van der Waals surface area contributed by atoms with Crippen molar-refractivity contribution in [3.8, 4) is 0 Å². The summed E-state index contributed by atoms with van der Waals surface area (Å²) in [6.07, 6.45) is -0.516. The van der Waals surface area contributed by atoms with Crippen molar-refractivity contribution in [2.45, 2.75) is 13.0 Å². The second-order valence-corrected chi connectivity index (χ2v) is 4.08. The van der Waals surface area contributed by atoms with E-state index in [9.17, 15) is 9.59 Å². The normalized spacial score (nSPS) is 10.6. The SMILES string of the molecule is [3H]C(=O)Cc1ccc(COC(=O)c2ccccc2)cc1. The lowest BCUT2D eigenvalue weighted by molar-refractivity contribution is -0.107. The molecule has 0 aliphatic rings. The second kappa shape index (κ2) is 6.50. The van der Waals surface area contributed by atoms with Crippen LogP contribution < -0.4 is 0 Å². The third-order valence-corrected chi connectivity index (χ3v) is 2.68. The van der Waals surface area contributed by atoms with E-state index in [1.54, 1.807) is 48.5 Å². The molecule has 3 nitrogen and oxygen atoms in total. The van der Waals surface area contributed by atoms with Gasteiger partial charge < -0.3 is 9.53 Å². The van der Waals surface area contributed by atoms with Crippen LogP contribution >= 0.6 is 0 Å². The first kappa shape index (κ1) is 11.7. The van der Waals surface area contributed by atoms with E-state index in [1.807, 2.05) is 6.07 Å². The van der Waals surface area contributed by atoms with Crippen molar-refractivity contribution >= 4 is 12.2 Å². The maximum atomic E-state index is 11.7. The zero-order valence-corrected chi connectivity index (χ0v) is 10.3. The van der Waals surface area contributed by atoms with Crippen LogP contribution in [0.3, 0.4) is 0 Å². The summed E-state index contributed by atoms with van der Waals surface area (Å²) in [5.41, 5.74) is 2.14. The first-order chi connectivity index (χ1) is 9.65. The summed E-state index contributed by atoms with van der Waals surface area (Å²) in [5.74, 6) is -0.365. The molecule has 0 saturated heterocycles. The lowest BCUT2D eigenvalue weighted by Crippen LogP contribution is -2.04. The van der Waals surface area contributed by atoms with E-state index in [2.05, 4.69) is 0 Å². The molecule has 0 amide bonds. The van der Waals surface area contributed by atoms with E-state index < -0.39 is 6.26 Å². The van der Waals surface area contributed by atoms with E-state index in [0.717, 1.165) is 11.1 Å². The molecular weight excluding hydrogens is 240 g/mol. The molecule has 2 aromatic carbocycles. The third kappa shape index (κ3) is 3.78. The number of hydrogen-bond acceptors (Lipinski definition) is 3. The Labute approximate surface area is 113 Å². The molecule has 0 bridgehead atoms. The second-order valence-electron chi connectivity index (χ2n) is 4.08. The average Bonchev–Trinajstić information content (AvgIpc) is 2.46. The molecule has 0 aromatic heterocycles. The van der Waals surface area contributed by atoms with Crippen LogP contribution in [0.2, 0.25) is 0 Å². The highest BCUT2D eigenvalue weighted by atomic mass is 16.5. The van der Waals surface area contributed by atoms with Gasteiger partial charge in [0, 0.05) is 6.42 Å². The van der Waals surface area contributed by atoms with Gasteiger partial charge in [-0.1, -0.05) is 42.5 Å². The molecule has 0 heterocycles. The average molecular weight is 256 g/mol. The minimum Gasteiger partial charge on any atom is -0.457 e. The maximum Gasteiger partial charge on any atom is 0.338 e. The van der Waals surface area contributed by atoms with Crippen molar-refractivity contribution in [2.75, 3.05) is 0 Å². The van der Waals surface area contributed by atoms with Crippen molar-refractivity contribution in [3.05, 3.63) is 71.3 Å². The largest absolute Gasteiger partial charge is 0.457 e. The van der Waals surface area contributed by atoms with Crippen LogP contribution in [-0.4, -0.2) is 12.2 Å². The number of benzene rings is 2. The standard InChI is InChI=1S/C16H14O3/c17-11-10-13-6-8-14(9-7-13)12-19-16(18)15-4-2-1-3-5-15/h1-9,11H,10,12H2/i11T. The van der Waals surface area contributed by atoms with Crippen LogP contribution in [0, 0.1) is 0 Å². The topological polar surface area (TPSA) is 43.4 Å². The van der Waals surface area contributed by atoms with E-state index in [-0.39, 0.29) is 19.0 Å². The first-order valence-corrected chi connectivity index (χ1v) is 5.94. The molecule has 0 unspecified atom stereocenters. The molecule has 19 heavy (non-hydrogen) atoms. The van der Waals surface area contributed by atoms with Crippen molar-refractivity contribution in [1.29, 1.82) is 0 Å². The van der Waals surface area contributed by atoms with Crippen LogP contribution in [-0.2, 0) is 22.6 Å². The third-order valence-electron chi connectivity index (χ3n) is 2.68. The van der Waals surface area contributed by atoms with Crippen molar-refractivity contribution in [1.82, 2.24) is 0 Å². The molecule has 0 atom stereocenters.